The van der Waals surface area contributed by atoms with Gasteiger partial charge in [-0.1, -0.05) is 35.9 Å². The van der Waals surface area contributed by atoms with Gasteiger partial charge in [0.2, 0.25) is 0 Å². The smallest absolute Gasteiger partial charge is 0.321 e. The Kier molecular flexibility index (Phi) is 4.86. The van der Waals surface area contributed by atoms with Gasteiger partial charge in [0.05, 0.1) is 0 Å². The van der Waals surface area contributed by atoms with Gasteiger partial charge in [-0.25, -0.2) is 9.59 Å². The Labute approximate surface area is 144 Å². The third-order valence-electron chi connectivity index (χ3n) is 3.67. The van der Waals surface area contributed by atoms with Crippen LogP contribution < -0.4 is 20.9 Å². The standard InChI is InChI=1S/C17H17ClN4O2/c18-15-7-2-1-4-12(15)11-20-16(23)21-13-5-3-6-14(10-13)22-9-8-19-17(22)24/h1-7,10H,8-9,11H2,(H,19,24)(H2,20,21,23). The first-order valence-electron chi connectivity index (χ1n) is 7.57. The third kappa shape index (κ3) is 3.78. The molecule has 24 heavy (non-hydrogen) atoms. The number of benzene rings is 2. The van der Waals surface area contributed by atoms with Gasteiger partial charge in [0, 0.05) is 36.0 Å². The van der Waals surface area contributed by atoms with Crippen LogP contribution in [0, 0.1) is 0 Å². The average Bonchev–Trinajstić information content (AvgIpc) is 3.00. The van der Waals surface area contributed by atoms with Crippen LogP contribution in [0.15, 0.2) is 48.5 Å². The Bertz CT molecular complexity index is 766. The summed E-state index contributed by atoms with van der Waals surface area (Å²) in [6.07, 6.45) is 0. The molecule has 0 unspecified atom stereocenters. The topological polar surface area (TPSA) is 73.5 Å². The van der Waals surface area contributed by atoms with Crippen LogP contribution in [0.1, 0.15) is 5.56 Å². The van der Waals surface area contributed by atoms with Crippen LogP contribution in [0.3, 0.4) is 0 Å². The van der Waals surface area contributed by atoms with Gasteiger partial charge in [-0.05, 0) is 29.8 Å². The van der Waals surface area contributed by atoms with Gasteiger partial charge in [0.15, 0.2) is 0 Å². The first-order valence-corrected chi connectivity index (χ1v) is 7.95. The van der Waals surface area contributed by atoms with E-state index in [2.05, 4.69) is 16.0 Å². The first kappa shape index (κ1) is 16.1. The zero-order valence-electron chi connectivity index (χ0n) is 12.9. The molecule has 1 aliphatic heterocycles. The maximum absolute atomic E-state index is 12.0. The molecular weight excluding hydrogens is 328 g/mol. The number of amides is 4. The second-order valence-corrected chi connectivity index (χ2v) is 5.74. The van der Waals surface area contributed by atoms with E-state index in [9.17, 15) is 9.59 Å². The van der Waals surface area contributed by atoms with E-state index < -0.39 is 0 Å². The molecule has 3 N–H and O–H groups in total. The number of halogens is 1. The predicted octanol–water partition coefficient (Wildman–Crippen LogP) is 3.19. The summed E-state index contributed by atoms with van der Waals surface area (Å²) in [4.78, 5) is 25.4. The molecular formula is C17H17ClN4O2. The van der Waals surface area contributed by atoms with Crippen LogP contribution in [-0.2, 0) is 6.54 Å². The molecule has 124 valence electrons. The fourth-order valence-corrected chi connectivity index (χ4v) is 2.66. The third-order valence-corrected chi connectivity index (χ3v) is 4.04. The molecule has 0 aliphatic carbocycles. The molecule has 1 fully saturated rings. The minimum Gasteiger partial charge on any atom is -0.336 e. The van der Waals surface area contributed by atoms with Gasteiger partial charge < -0.3 is 16.0 Å². The SMILES string of the molecule is O=C(NCc1ccccc1Cl)Nc1cccc(N2CCNC2=O)c1. The van der Waals surface area contributed by atoms with Gasteiger partial charge in [-0.3, -0.25) is 4.90 Å². The molecule has 0 radical (unpaired) electrons. The monoisotopic (exact) mass is 344 g/mol. The van der Waals surface area contributed by atoms with Crippen LogP contribution in [0.5, 0.6) is 0 Å². The highest BCUT2D eigenvalue weighted by molar-refractivity contribution is 6.31. The summed E-state index contributed by atoms with van der Waals surface area (Å²) in [5.41, 5.74) is 2.20. The van der Waals surface area contributed by atoms with Crippen LogP contribution >= 0.6 is 11.6 Å². The van der Waals surface area contributed by atoms with Gasteiger partial charge >= 0.3 is 12.1 Å². The Hall–Kier alpha value is -2.73. The van der Waals surface area contributed by atoms with E-state index >= 15 is 0 Å². The van der Waals surface area contributed by atoms with Crippen LogP contribution in [-0.4, -0.2) is 25.2 Å². The molecule has 2 aromatic rings. The fourth-order valence-electron chi connectivity index (χ4n) is 2.46. The highest BCUT2D eigenvalue weighted by Gasteiger charge is 2.21. The number of nitrogens with one attached hydrogen (secondary N) is 3. The van der Waals surface area contributed by atoms with Crippen LogP contribution in [0.2, 0.25) is 5.02 Å². The molecule has 1 heterocycles. The number of rotatable bonds is 4. The largest absolute Gasteiger partial charge is 0.336 e. The quantitative estimate of drug-likeness (QED) is 0.797. The molecule has 2 aromatic carbocycles. The lowest BCUT2D eigenvalue weighted by molar-refractivity contribution is 0.251. The Morgan fingerprint density at radius 3 is 2.79 bits per heavy atom. The maximum atomic E-state index is 12.0. The van der Waals surface area contributed by atoms with E-state index in [1.807, 2.05) is 24.3 Å². The predicted molar refractivity (Wildman–Crippen MR) is 94.5 cm³/mol. The Morgan fingerprint density at radius 2 is 2.04 bits per heavy atom. The van der Waals surface area contributed by atoms with E-state index in [1.54, 1.807) is 29.2 Å². The zero-order chi connectivity index (χ0) is 16.9. The van der Waals surface area contributed by atoms with Crippen molar-refractivity contribution in [2.75, 3.05) is 23.3 Å². The van der Waals surface area contributed by atoms with Crippen molar-refractivity contribution in [1.29, 1.82) is 0 Å². The molecule has 0 spiro atoms. The van der Waals surface area contributed by atoms with Gasteiger partial charge in [0.1, 0.15) is 0 Å². The molecule has 4 amide bonds. The lowest BCUT2D eigenvalue weighted by atomic mass is 10.2. The highest BCUT2D eigenvalue weighted by Crippen LogP contribution is 2.21. The number of anilines is 2. The first-order chi connectivity index (χ1) is 11.6. The number of hydrogen-bond donors (Lipinski definition) is 3. The van der Waals surface area contributed by atoms with Crippen molar-refractivity contribution < 1.29 is 9.59 Å². The molecule has 0 saturated carbocycles. The molecule has 7 heteroatoms. The van der Waals surface area contributed by atoms with Crippen molar-refractivity contribution in [2.45, 2.75) is 6.54 Å². The Balaban J connectivity index is 1.60. The van der Waals surface area contributed by atoms with Crippen molar-refractivity contribution in [3.8, 4) is 0 Å². The van der Waals surface area contributed by atoms with E-state index in [-0.39, 0.29) is 12.1 Å². The van der Waals surface area contributed by atoms with Crippen molar-refractivity contribution in [2.24, 2.45) is 0 Å². The number of hydrogen-bond acceptors (Lipinski definition) is 2. The summed E-state index contributed by atoms with van der Waals surface area (Å²) >= 11 is 6.06. The molecule has 6 nitrogen and oxygen atoms in total. The molecule has 0 atom stereocenters. The van der Waals surface area contributed by atoms with Crippen molar-refractivity contribution in [3.05, 3.63) is 59.1 Å². The number of nitrogens with zero attached hydrogens (tertiary/aromatic N) is 1. The molecule has 1 saturated heterocycles. The molecule has 3 rings (SSSR count). The second kappa shape index (κ2) is 7.23. The summed E-state index contributed by atoms with van der Waals surface area (Å²) < 4.78 is 0. The van der Waals surface area contributed by atoms with E-state index in [4.69, 9.17) is 11.6 Å². The number of urea groups is 2. The van der Waals surface area contributed by atoms with E-state index in [1.165, 1.54) is 0 Å². The van der Waals surface area contributed by atoms with Crippen molar-refractivity contribution in [1.82, 2.24) is 10.6 Å². The summed E-state index contributed by atoms with van der Waals surface area (Å²) in [5.74, 6) is 0. The maximum Gasteiger partial charge on any atom is 0.321 e. The minimum atomic E-state index is -0.335. The van der Waals surface area contributed by atoms with Gasteiger partial charge in [0.25, 0.3) is 0 Å². The van der Waals surface area contributed by atoms with Crippen LogP contribution in [0.4, 0.5) is 21.0 Å². The Morgan fingerprint density at radius 1 is 1.21 bits per heavy atom. The lowest BCUT2D eigenvalue weighted by Gasteiger charge is -2.15. The summed E-state index contributed by atoms with van der Waals surface area (Å²) in [6, 6.07) is 14.0. The lowest BCUT2D eigenvalue weighted by Crippen LogP contribution is -2.29. The molecule has 0 aromatic heterocycles. The number of carbonyl (C=O) groups is 2. The van der Waals surface area contributed by atoms with E-state index in [0.29, 0.717) is 30.3 Å². The zero-order valence-corrected chi connectivity index (χ0v) is 13.6. The highest BCUT2D eigenvalue weighted by atomic mass is 35.5. The van der Waals surface area contributed by atoms with Gasteiger partial charge in [-0.15, -0.1) is 0 Å². The summed E-state index contributed by atoms with van der Waals surface area (Å²) in [5, 5.41) is 8.88. The van der Waals surface area contributed by atoms with Gasteiger partial charge in [-0.2, -0.15) is 0 Å². The van der Waals surface area contributed by atoms with Crippen molar-refractivity contribution >= 4 is 35.0 Å². The van der Waals surface area contributed by atoms with Crippen molar-refractivity contribution in [3.63, 3.8) is 0 Å². The summed E-state index contributed by atoms with van der Waals surface area (Å²) in [7, 11) is 0. The normalized spacial score (nSPS) is 13.5. The summed E-state index contributed by atoms with van der Waals surface area (Å²) in [6.45, 7) is 1.57. The molecule has 1 aliphatic rings. The molecule has 0 bridgehead atoms. The van der Waals surface area contributed by atoms with E-state index in [0.717, 1.165) is 11.3 Å². The number of carbonyl (C=O) groups excluding carboxylic acids is 2. The second-order valence-electron chi connectivity index (χ2n) is 5.33. The fraction of sp³-hybridized carbons (Fsp3) is 0.176. The minimum absolute atomic E-state index is 0.129. The van der Waals surface area contributed by atoms with Crippen LogP contribution in [0.25, 0.3) is 0 Å². The average molecular weight is 345 g/mol.